The lowest BCUT2D eigenvalue weighted by molar-refractivity contribution is -0.142. The van der Waals surface area contributed by atoms with Gasteiger partial charge < -0.3 is 10.2 Å². The quantitative estimate of drug-likeness (QED) is 0.792. The lowest BCUT2D eigenvalue weighted by Crippen LogP contribution is -2.46. The van der Waals surface area contributed by atoms with Gasteiger partial charge in [0.25, 0.3) is 0 Å². The van der Waals surface area contributed by atoms with Crippen LogP contribution in [-0.4, -0.2) is 36.5 Å². The van der Waals surface area contributed by atoms with Crippen molar-refractivity contribution in [3.63, 3.8) is 0 Å². The van der Waals surface area contributed by atoms with Gasteiger partial charge in [0, 0.05) is 19.1 Å². The fourth-order valence-electron chi connectivity index (χ4n) is 3.21. The molecular formula is C13H24N2O. The van der Waals surface area contributed by atoms with Crippen LogP contribution in [0.5, 0.6) is 0 Å². The molecule has 2 atom stereocenters. The fourth-order valence-corrected chi connectivity index (χ4v) is 3.21. The monoisotopic (exact) mass is 224 g/mol. The molecule has 3 heteroatoms. The first-order valence-corrected chi connectivity index (χ1v) is 6.75. The van der Waals surface area contributed by atoms with Gasteiger partial charge in [0.2, 0.25) is 5.91 Å². The Kier molecular flexibility index (Phi) is 3.53. The summed E-state index contributed by atoms with van der Waals surface area (Å²) in [7, 11) is 0. The van der Waals surface area contributed by atoms with Gasteiger partial charge in [-0.05, 0) is 38.6 Å². The maximum Gasteiger partial charge on any atom is 0.230 e. The molecule has 2 heterocycles. The van der Waals surface area contributed by atoms with Crippen molar-refractivity contribution in [3.05, 3.63) is 0 Å². The summed E-state index contributed by atoms with van der Waals surface area (Å²) in [5.41, 5.74) is -0.0856. The number of likely N-dealkylation sites (tertiary alicyclic amines) is 1. The summed E-state index contributed by atoms with van der Waals surface area (Å²) in [4.78, 5) is 14.8. The maximum atomic E-state index is 12.7. The number of rotatable bonds is 3. The molecule has 2 fully saturated rings. The Labute approximate surface area is 98.6 Å². The van der Waals surface area contributed by atoms with Gasteiger partial charge in [0.05, 0.1) is 5.41 Å². The lowest BCUT2D eigenvalue weighted by Gasteiger charge is -2.34. The summed E-state index contributed by atoms with van der Waals surface area (Å²) in [5.74, 6) is 0.421. The van der Waals surface area contributed by atoms with Gasteiger partial charge in [0.15, 0.2) is 0 Å². The molecule has 2 aliphatic rings. The predicted octanol–water partition coefficient (Wildman–Crippen LogP) is 1.78. The highest BCUT2D eigenvalue weighted by molar-refractivity contribution is 5.84. The van der Waals surface area contributed by atoms with Gasteiger partial charge in [-0.25, -0.2) is 0 Å². The van der Waals surface area contributed by atoms with E-state index in [9.17, 15) is 4.79 Å². The van der Waals surface area contributed by atoms with E-state index >= 15 is 0 Å². The second-order valence-electron chi connectivity index (χ2n) is 5.26. The van der Waals surface area contributed by atoms with E-state index in [1.807, 2.05) is 0 Å². The van der Waals surface area contributed by atoms with Crippen molar-refractivity contribution in [1.29, 1.82) is 0 Å². The van der Waals surface area contributed by atoms with Crippen LogP contribution in [0.2, 0.25) is 0 Å². The molecule has 0 aromatic carbocycles. The van der Waals surface area contributed by atoms with E-state index in [2.05, 4.69) is 24.1 Å². The summed E-state index contributed by atoms with van der Waals surface area (Å²) in [5, 5.41) is 3.35. The van der Waals surface area contributed by atoms with Gasteiger partial charge in [-0.15, -0.1) is 0 Å². The van der Waals surface area contributed by atoms with Crippen LogP contribution < -0.4 is 5.32 Å². The summed E-state index contributed by atoms with van der Waals surface area (Å²) in [6.45, 7) is 7.22. The maximum absolute atomic E-state index is 12.7. The van der Waals surface area contributed by atoms with E-state index < -0.39 is 0 Å². The first-order valence-electron chi connectivity index (χ1n) is 6.75. The smallest absolute Gasteiger partial charge is 0.230 e. The molecule has 2 unspecified atom stereocenters. The molecule has 0 aromatic rings. The molecule has 1 amide bonds. The van der Waals surface area contributed by atoms with Crippen LogP contribution in [0, 0.1) is 5.41 Å². The largest absolute Gasteiger partial charge is 0.339 e. The molecule has 16 heavy (non-hydrogen) atoms. The summed E-state index contributed by atoms with van der Waals surface area (Å²) in [6.07, 6.45) is 5.51. The minimum absolute atomic E-state index is 0.0856. The normalized spacial score (nSPS) is 34.6. The first-order chi connectivity index (χ1) is 7.73. The van der Waals surface area contributed by atoms with Crippen LogP contribution in [0.3, 0.4) is 0 Å². The highest BCUT2D eigenvalue weighted by Crippen LogP contribution is 2.34. The number of carbonyl (C=O) groups is 1. The Morgan fingerprint density at radius 1 is 1.50 bits per heavy atom. The summed E-state index contributed by atoms with van der Waals surface area (Å²) < 4.78 is 0. The fraction of sp³-hybridized carbons (Fsp3) is 0.923. The van der Waals surface area contributed by atoms with Crippen molar-refractivity contribution in [2.75, 3.05) is 19.6 Å². The SMILES string of the molecule is CCC1CCCN1C(=O)C1(CC)CCNC1. The number of amides is 1. The molecular weight excluding hydrogens is 200 g/mol. The average molecular weight is 224 g/mol. The molecule has 2 saturated heterocycles. The second-order valence-corrected chi connectivity index (χ2v) is 5.26. The number of nitrogens with one attached hydrogen (secondary N) is 1. The zero-order chi connectivity index (χ0) is 11.6. The Bertz CT molecular complexity index is 259. The molecule has 0 saturated carbocycles. The third-order valence-corrected chi connectivity index (χ3v) is 4.48. The number of hydrogen-bond donors (Lipinski definition) is 1. The third kappa shape index (κ3) is 1.86. The Morgan fingerprint density at radius 3 is 2.88 bits per heavy atom. The Morgan fingerprint density at radius 2 is 2.31 bits per heavy atom. The highest BCUT2D eigenvalue weighted by Gasteiger charge is 2.44. The number of hydrogen-bond acceptors (Lipinski definition) is 2. The van der Waals surface area contributed by atoms with Crippen molar-refractivity contribution < 1.29 is 4.79 Å². The molecule has 0 radical (unpaired) electrons. The van der Waals surface area contributed by atoms with Crippen molar-refractivity contribution in [2.45, 2.75) is 52.0 Å². The van der Waals surface area contributed by atoms with E-state index in [-0.39, 0.29) is 5.41 Å². The van der Waals surface area contributed by atoms with E-state index in [1.54, 1.807) is 0 Å². The van der Waals surface area contributed by atoms with E-state index in [0.29, 0.717) is 11.9 Å². The molecule has 1 N–H and O–H groups in total. The standard InChI is InChI=1S/C13H24N2O/c1-3-11-6-5-9-15(11)12(16)13(4-2)7-8-14-10-13/h11,14H,3-10H2,1-2H3. The van der Waals surface area contributed by atoms with Crippen LogP contribution in [-0.2, 0) is 4.79 Å². The lowest BCUT2D eigenvalue weighted by atomic mass is 9.82. The zero-order valence-corrected chi connectivity index (χ0v) is 10.6. The molecule has 92 valence electrons. The van der Waals surface area contributed by atoms with E-state index in [0.717, 1.165) is 38.9 Å². The van der Waals surface area contributed by atoms with Crippen molar-refractivity contribution in [2.24, 2.45) is 5.41 Å². The highest BCUT2D eigenvalue weighted by atomic mass is 16.2. The molecule has 2 aliphatic heterocycles. The van der Waals surface area contributed by atoms with Gasteiger partial charge in [0.1, 0.15) is 0 Å². The Balaban J connectivity index is 2.10. The number of nitrogens with zero attached hydrogens (tertiary/aromatic N) is 1. The molecule has 0 bridgehead atoms. The van der Waals surface area contributed by atoms with Crippen LogP contribution in [0.15, 0.2) is 0 Å². The Hall–Kier alpha value is -0.570. The van der Waals surface area contributed by atoms with Crippen LogP contribution >= 0.6 is 0 Å². The zero-order valence-electron chi connectivity index (χ0n) is 10.6. The summed E-state index contributed by atoms with van der Waals surface area (Å²) in [6, 6.07) is 0.511. The van der Waals surface area contributed by atoms with Crippen LogP contribution in [0.4, 0.5) is 0 Å². The molecule has 0 spiro atoms. The first kappa shape index (κ1) is 11.9. The van der Waals surface area contributed by atoms with Gasteiger partial charge in [-0.1, -0.05) is 13.8 Å². The van der Waals surface area contributed by atoms with E-state index in [4.69, 9.17) is 0 Å². The summed E-state index contributed by atoms with van der Waals surface area (Å²) >= 11 is 0. The van der Waals surface area contributed by atoms with Crippen molar-refractivity contribution >= 4 is 5.91 Å². The second kappa shape index (κ2) is 4.74. The van der Waals surface area contributed by atoms with Gasteiger partial charge in [-0.2, -0.15) is 0 Å². The molecule has 0 aliphatic carbocycles. The van der Waals surface area contributed by atoms with Gasteiger partial charge in [-0.3, -0.25) is 4.79 Å². The van der Waals surface area contributed by atoms with Crippen LogP contribution in [0.25, 0.3) is 0 Å². The van der Waals surface area contributed by atoms with Crippen LogP contribution in [0.1, 0.15) is 46.0 Å². The third-order valence-electron chi connectivity index (χ3n) is 4.48. The van der Waals surface area contributed by atoms with E-state index in [1.165, 1.54) is 12.8 Å². The number of carbonyl (C=O) groups excluding carboxylic acids is 1. The van der Waals surface area contributed by atoms with Crippen molar-refractivity contribution in [1.82, 2.24) is 10.2 Å². The minimum atomic E-state index is -0.0856. The average Bonchev–Trinajstić information content (AvgIpc) is 2.97. The molecule has 0 aromatic heterocycles. The topological polar surface area (TPSA) is 32.3 Å². The van der Waals surface area contributed by atoms with Gasteiger partial charge >= 0.3 is 0 Å². The molecule has 2 rings (SSSR count). The minimum Gasteiger partial charge on any atom is -0.339 e. The molecule has 3 nitrogen and oxygen atoms in total. The van der Waals surface area contributed by atoms with Crippen molar-refractivity contribution in [3.8, 4) is 0 Å². The predicted molar refractivity (Wildman–Crippen MR) is 65.2 cm³/mol.